The van der Waals surface area contributed by atoms with Crippen LogP contribution >= 0.6 is 23.1 Å². The van der Waals surface area contributed by atoms with Gasteiger partial charge in [0, 0.05) is 16.6 Å². The van der Waals surface area contributed by atoms with Crippen LogP contribution in [0.5, 0.6) is 0 Å². The Labute approximate surface area is 104 Å². The molecule has 1 N–H and O–H groups in total. The first-order chi connectivity index (χ1) is 7.79. The Bertz CT molecular complexity index is 444. The second kappa shape index (κ2) is 5.27. The number of hydrogen-bond acceptors (Lipinski definition) is 4. The van der Waals surface area contributed by atoms with E-state index >= 15 is 0 Å². The van der Waals surface area contributed by atoms with Gasteiger partial charge in [-0.15, -0.1) is 5.10 Å². The van der Waals surface area contributed by atoms with E-state index in [1.165, 1.54) is 17.1 Å². The normalized spacial score (nSPS) is 12.4. The summed E-state index contributed by atoms with van der Waals surface area (Å²) < 4.78 is 3.82. The first kappa shape index (κ1) is 11.4. The standard InChI is InChI=1S/C11H12ClN3S/c1-2-10(14-11-7-13-15-16-11)8-4-3-5-9(12)6-8/h3-7,10,14H,2H2,1H3. The van der Waals surface area contributed by atoms with Crippen LogP contribution in [-0.4, -0.2) is 9.59 Å². The SMILES string of the molecule is CCC(Nc1cnns1)c1cccc(Cl)c1. The van der Waals surface area contributed by atoms with E-state index < -0.39 is 0 Å². The van der Waals surface area contributed by atoms with Crippen LogP contribution < -0.4 is 5.32 Å². The first-order valence-corrected chi connectivity index (χ1v) is 6.24. The van der Waals surface area contributed by atoms with E-state index in [1.807, 2.05) is 18.2 Å². The van der Waals surface area contributed by atoms with Crippen molar-refractivity contribution in [2.24, 2.45) is 0 Å². The van der Waals surface area contributed by atoms with Gasteiger partial charge in [0.05, 0.1) is 12.2 Å². The summed E-state index contributed by atoms with van der Waals surface area (Å²) in [5.41, 5.74) is 1.18. The summed E-state index contributed by atoms with van der Waals surface area (Å²) in [5, 5.41) is 8.93. The van der Waals surface area contributed by atoms with Gasteiger partial charge in [-0.2, -0.15) is 0 Å². The highest BCUT2D eigenvalue weighted by molar-refractivity contribution is 7.09. The Hall–Kier alpha value is -1.13. The van der Waals surface area contributed by atoms with Crippen LogP contribution in [-0.2, 0) is 0 Å². The van der Waals surface area contributed by atoms with Crippen molar-refractivity contribution in [1.82, 2.24) is 9.59 Å². The summed E-state index contributed by atoms with van der Waals surface area (Å²) in [6.07, 6.45) is 2.72. The van der Waals surface area contributed by atoms with Crippen molar-refractivity contribution in [3.63, 3.8) is 0 Å². The second-order valence-corrected chi connectivity index (χ2v) is 4.66. The highest BCUT2D eigenvalue weighted by atomic mass is 35.5. The molecule has 84 valence electrons. The topological polar surface area (TPSA) is 37.8 Å². The number of nitrogens with zero attached hydrogens (tertiary/aromatic N) is 2. The number of hydrogen-bond donors (Lipinski definition) is 1. The minimum absolute atomic E-state index is 0.251. The minimum Gasteiger partial charge on any atom is -0.368 e. The Morgan fingerprint density at radius 1 is 1.50 bits per heavy atom. The van der Waals surface area contributed by atoms with Gasteiger partial charge in [0.2, 0.25) is 0 Å². The van der Waals surface area contributed by atoms with Crippen molar-refractivity contribution in [2.45, 2.75) is 19.4 Å². The summed E-state index contributed by atoms with van der Waals surface area (Å²) in [5.74, 6) is 0. The maximum atomic E-state index is 5.98. The molecule has 0 aliphatic rings. The second-order valence-electron chi connectivity index (χ2n) is 3.44. The number of anilines is 1. The molecule has 0 amide bonds. The Kier molecular flexibility index (Phi) is 3.74. The molecule has 1 unspecified atom stereocenters. The van der Waals surface area contributed by atoms with Crippen LogP contribution in [0, 0.1) is 0 Å². The van der Waals surface area contributed by atoms with Crippen molar-refractivity contribution in [1.29, 1.82) is 0 Å². The molecule has 0 saturated carbocycles. The van der Waals surface area contributed by atoms with Crippen LogP contribution in [0.3, 0.4) is 0 Å². The van der Waals surface area contributed by atoms with Crippen LogP contribution in [0.2, 0.25) is 5.02 Å². The highest BCUT2D eigenvalue weighted by Gasteiger charge is 2.10. The molecule has 0 saturated heterocycles. The van der Waals surface area contributed by atoms with Gasteiger partial charge < -0.3 is 5.32 Å². The Balaban J connectivity index is 2.16. The average molecular weight is 254 g/mol. The molecule has 0 aliphatic heterocycles. The predicted octanol–water partition coefficient (Wildman–Crippen LogP) is 3.75. The lowest BCUT2D eigenvalue weighted by molar-refractivity contribution is 0.751. The van der Waals surface area contributed by atoms with E-state index in [2.05, 4.69) is 27.9 Å². The molecule has 3 nitrogen and oxygen atoms in total. The predicted molar refractivity (Wildman–Crippen MR) is 68.0 cm³/mol. The molecule has 0 bridgehead atoms. The van der Waals surface area contributed by atoms with E-state index in [0.717, 1.165) is 16.4 Å². The fourth-order valence-electron chi connectivity index (χ4n) is 1.55. The number of aromatic nitrogens is 2. The van der Waals surface area contributed by atoms with Gasteiger partial charge >= 0.3 is 0 Å². The lowest BCUT2D eigenvalue weighted by Gasteiger charge is -2.16. The molecule has 16 heavy (non-hydrogen) atoms. The van der Waals surface area contributed by atoms with Crippen LogP contribution in [0.25, 0.3) is 0 Å². The van der Waals surface area contributed by atoms with Crippen molar-refractivity contribution >= 4 is 28.1 Å². The molecule has 0 spiro atoms. The van der Waals surface area contributed by atoms with Gasteiger partial charge in [-0.25, -0.2) is 0 Å². The summed E-state index contributed by atoms with van der Waals surface area (Å²) in [6.45, 7) is 2.13. The number of nitrogens with one attached hydrogen (secondary N) is 1. The van der Waals surface area contributed by atoms with Gasteiger partial charge in [0.1, 0.15) is 5.00 Å². The smallest absolute Gasteiger partial charge is 0.130 e. The van der Waals surface area contributed by atoms with E-state index in [9.17, 15) is 0 Å². The fraction of sp³-hybridized carbons (Fsp3) is 0.273. The van der Waals surface area contributed by atoms with Crippen molar-refractivity contribution in [2.75, 3.05) is 5.32 Å². The number of rotatable bonds is 4. The summed E-state index contributed by atoms with van der Waals surface area (Å²) in [6, 6.07) is 8.15. The zero-order valence-corrected chi connectivity index (χ0v) is 10.4. The minimum atomic E-state index is 0.251. The monoisotopic (exact) mass is 253 g/mol. The van der Waals surface area contributed by atoms with Crippen LogP contribution in [0.15, 0.2) is 30.5 Å². The average Bonchev–Trinajstić information content (AvgIpc) is 2.78. The maximum absolute atomic E-state index is 5.98. The van der Waals surface area contributed by atoms with Crippen LogP contribution in [0.1, 0.15) is 24.9 Å². The van der Waals surface area contributed by atoms with E-state index in [1.54, 1.807) is 6.20 Å². The number of halogens is 1. The highest BCUT2D eigenvalue weighted by Crippen LogP contribution is 2.25. The fourth-order valence-corrected chi connectivity index (χ4v) is 2.22. The van der Waals surface area contributed by atoms with Crippen molar-refractivity contribution < 1.29 is 0 Å². The maximum Gasteiger partial charge on any atom is 0.130 e. The zero-order valence-electron chi connectivity index (χ0n) is 8.85. The summed E-state index contributed by atoms with van der Waals surface area (Å²) in [7, 11) is 0. The molecular weight excluding hydrogens is 242 g/mol. The van der Waals surface area contributed by atoms with E-state index in [4.69, 9.17) is 11.6 Å². The van der Waals surface area contributed by atoms with Gasteiger partial charge in [-0.1, -0.05) is 35.1 Å². The quantitative estimate of drug-likeness (QED) is 0.902. The molecule has 1 heterocycles. The Morgan fingerprint density at radius 2 is 2.38 bits per heavy atom. The van der Waals surface area contributed by atoms with Gasteiger partial charge in [0.15, 0.2) is 0 Å². The van der Waals surface area contributed by atoms with Crippen molar-refractivity contribution in [3.05, 3.63) is 41.0 Å². The Morgan fingerprint density at radius 3 is 3.00 bits per heavy atom. The molecular formula is C11H12ClN3S. The number of benzene rings is 1. The van der Waals surface area contributed by atoms with Crippen LogP contribution in [0.4, 0.5) is 5.00 Å². The molecule has 5 heteroatoms. The first-order valence-electron chi connectivity index (χ1n) is 5.09. The molecule has 1 aromatic heterocycles. The van der Waals surface area contributed by atoms with Gasteiger partial charge in [-0.3, -0.25) is 0 Å². The van der Waals surface area contributed by atoms with Gasteiger partial charge in [0.25, 0.3) is 0 Å². The van der Waals surface area contributed by atoms with E-state index in [0.29, 0.717) is 0 Å². The zero-order chi connectivity index (χ0) is 11.4. The molecule has 1 atom stereocenters. The molecule has 2 rings (SSSR count). The summed E-state index contributed by atoms with van der Waals surface area (Å²) >= 11 is 7.34. The third-order valence-electron chi connectivity index (χ3n) is 2.34. The third kappa shape index (κ3) is 2.71. The molecule has 1 aromatic carbocycles. The van der Waals surface area contributed by atoms with E-state index in [-0.39, 0.29) is 6.04 Å². The molecule has 2 aromatic rings. The lowest BCUT2D eigenvalue weighted by Crippen LogP contribution is -2.08. The van der Waals surface area contributed by atoms with Gasteiger partial charge in [-0.05, 0) is 24.1 Å². The molecule has 0 radical (unpaired) electrons. The van der Waals surface area contributed by atoms with Crippen molar-refractivity contribution in [3.8, 4) is 0 Å². The largest absolute Gasteiger partial charge is 0.368 e. The molecule has 0 aliphatic carbocycles. The lowest BCUT2D eigenvalue weighted by atomic mass is 10.1. The third-order valence-corrected chi connectivity index (χ3v) is 3.17. The summed E-state index contributed by atoms with van der Waals surface area (Å²) in [4.78, 5) is 0. The molecule has 0 fully saturated rings.